The summed E-state index contributed by atoms with van der Waals surface area (Å²) in [5.74, 6) is 3.90. The van der Waals surface area contributed by atoms with Crippen LogP contribution in [0.5, 0.6) is 0 Å². The molecule has 0 radical (unpaired) electrons. The molecule has 12 nitrogen and oxygen atoms in total. The molecule has 0 aliphatic carbocycles. The molecule has 0 unspecified atom stereocenters. The van der Waals surface area contributed by atoms with E-state index in [1.54, 1.807) is 0 Å². The van der Waals surface area contributed by atoms with E-state index in [1.807, 2.05) is 168 Å². The molecule has 14 heteroatoms. The first-order chi connectivity index (χ1) is 63.4. The number of hydrogen-bond acceptors (Lipinski definition) is 10. The molecular weight excluding hydrogens is 1610 g/mol. The Morgan fingerprint density at radius 2 is 0.406 bits per heavy atom. The number of para-hydroxylation sites is 6. The largest absolute Gasteiger partial charge is 0.456 e. The molecule has 28 rings (SSSR count). The lowest BCUT2D eigenvalue weighted by molar-refractivity contribution is 0.669. The zero-order chi connectivity index (χ0) is 83.8. The van der Waals surface area contributed by atoms with Crippen LogP contribution in [0.4, 0.5) is 0 Å². The van der Waals surface area contributed by atoms with Gasteiger partial charge in [0.1, 0.15) is 22.3 Å². The summed E-state index contributed by atoms with van der Waals surface area (Å²) < 4.78 is 27.3. The molecule has 0 amide bonds. The van der Waals surface area contributed by atoms with Crippen LogP contribution in [0.25, 0.3) is 263 Å². The van der Waals surface area contributed by atoms with Crippen molar-refractivity contribution in [2.75, 3.05) is 0 Å². The summed E-state index contributed by atoms with van der Waals surface area (Å²) in [6.45, 7) is 0. The van der Waals surface area contributed by atoms with E-state index in [4.69, 9.17) is 38.7 Å². The zero-order valence-corrected chi connectivity index (χ0v) is 69.8. The van der Waals surface area contributed by atoms with Crippen LogP contribution in [0.3, 0.4) is 0 Å². The van der Waals surface area contributed by atoms with Crippen molar-refractivity contribution in [3.05, 3.63) is 400 Å². The molecule has 0 bridgehead atoms. The van der Waals surface area contributed by atoms with E-state index in [1.165, 1.54) is 83.4 Å². The minimum atomic E-state index is 0.647. The Hall–Kier alpha value is -16.8. The molecule has 10 heterocycles. The number of thiophene rings is 2. The quantitative estimate of drug-likeness (QED) is 0.133. The van der Waals surface area contributed by atoms with E-state index in [0.717, 1.165) is 144 Å². The smallest absolute Gasteiger partial charge is 0.164 e. The van der Waals surface area contributed by atoms with E-state index in [-0.39, 0.29) is 0 Å². The number of furan rings is 2. The lowest BCUT2D eigenvalue weighted by Gasteiger charge is -2.11. The highest BCUT2D eigenvalue weighted by atomic mass is 32.1. The maximum atomic E-state index is 6.37. The van der Waals surface area contributed by atoms with Crippen LogP contribution in [0, 0.1) is 0 Å². The van der Waals surface area contributed by atoms with Gasteiger partial charge in [0.25, 0.3) is 0 Å². The van der Waals surface area contributed by atoms with Gasteiger partial charge in [-0.25, -0.2) is 29.9 Å². The van der Waals surface area contributed by atoms with Crippen molar-refractivity contribution in [3.8, 4) is 91.1 Å². The summed E-state index contributed by atoms with van der Waals surface area (Å²) in [5.41, 5.74) is 23.0. The first kappa shape index (κ1) is 71.8. The lowest BCUT2D eigenvalue weighted by atomic mass is 10.1. The van der Waals surface area contributed by atoms with Gasteiger partial charge in [-0.1, -0.05) is 231 Å². The number of nitrogens with zero attached hydrogens (tertiary/aromatic N) is 10. The molecule has 0 spiro atoms. The first-order valence-electron chi connectivity index (χ1n) is 42.8. The van der Waals surface area contributed by atoms with Crippen molar-refractivity contribution >= 4 is 194 Å². The fourth-order valence-corrected chi connectivity index (χ4v) is 21.8. The summed E-state index contributed by atoms with van der Waals surface area (Å²) in [6, 6.07) is 142. The van der Waals surface area contributed by atoms with Gasteiger partial charge in [-0.15, -0.1) is 22.7 Å². The van der Waals surface area contributed by atoms with Gasteiger partial charge < -0.3 is 27.1 Å². The zero-order valence-electron chi connectivity index (χ0n) is 68.2. The van der Waals surface area contributed by atoms with Crippen LogP contribution in [-0.4, -0.2) is 48.2 Å². The van der Waals surface area contributed by atoms with Crippen LogP contribution in [-0.2, 0) is 0 Å². The van der Waals surface area contributed by atoms with Gasteiger partial charge in [0, 0.05) is 161 Å². The third-order valence-corrected chi connectivity index (χ3v) is 27.8. The Labute approximate surface area is 737 Å². The summed E-state index contributed by atoms with van der Waals surface area (Å²) >= 11 is 3.62. The average Bonchev–Trinajstić information content (AvgIpc) is 1.58. The fourth-order valence-electron chi connectivity index (χ4n) is 19.6. The van der Waals surface area contributed by atoms with Crippen molar-refractivity contribution in [1.29, 1.82) is 0 Å². The molecule has 0 fully saturated rings. The average molecular weight is 1670 g/mol. The number of hydrogen-bond donors (Lipinski definition) is 0. The number of benzene rings is 18. The molecule has 0 aliphatic heterocycles. The lowest BCUT2D eigenvalue weighted by Crippen LogP contribution is -2.00. The van der Waals surface area contributed by atoms with Crippen LogP contribution in [0.15, 0.2) is 409 Å². The summed E-state index contributed by atoms with van der Waals surface area (Å²) in [4.78, 5) is 30.1. The fraction of sp³-hybridized carbons (Fsp3) is 0. The normalized spacial score (nSPS) is 12.1. The summed E-state index contributed by atoms with van der Waals surface area (Å²) in [6.07, 6.45) is 0. The maximum Gasteiger partial charge on any atom is 0.164 e. The Morgan fingerprint density at radius 3 is 0.750 bits per heavy atom. The third-order valence-electron chi connectivity index (χ3n) is 25.5. The van der Waals surface area contributed by atoms with Gasteiger partial charge in [0.2, 0.25) is 0 Å². The molecular formula is C114H66N10O2S2. The number of rotatable bonds is 10. The van der Waals surface area contributed by atoms with Crippen molar-refractivity contribution in [2.45, 2.75) is 0 Å². The Kier molecular flexibility index (Phi) is 15.9. The maximum absolute atomic E-state index is 6.37. The van der Waals surface area contributed by atoms with Crippen LogP contribution >= 0.6 is 22.7 Å². The van der Waals surface area contributed by atoms with E-state index >= 15 is 0 Å². The third kappa shape index (κ3) is 11.4. The molecule has 0 aliphatic rings. The van der Waals surface area contributed by atoms with E-state index in [0.29, 0.717) is 34.9 Å². The van der Waals surface area contributed by atoms with Crippen molar-refractivity contribution in [2.24, 2.45) is 0 Å². The Balaban J connectivity index is 0.000000132. The number of aromatic nitrogens is 10. The highest BCUT2D eigenvalue weighted by molar-refractivity contribution is 7.26. The van der Waals surface area contributed by atoms with Gasteiger partial charge in [0.15, 0.2) is 34.9 Å². The summed E-state index contributed by atoms with van der Waals surface area (Å²) in [7, 11) is 0. The standard InChI is InChI=1S/2C57H33N5OS/c2*1-3-13-34(14-4-1)55-58-56(35-15-5-2-6-16-35)60-57(59-55)36-23-27-53-45(29-36)46-31-38(25-28-54(46)64-53)61-47-20-10-7-17-39(47)42-30-37(24-26-49(42)61)62-48-21-11-8-18-40(48)43-33-52-44(32-50(43)62)41-19-9-12-22-51(41)63-52/h2*1-33H. The molecule has 18 aromatic carbocycles. The molecule has 10 aromatic heterocycles. The van der Waals surface area contributed by atoms with Crippen molar-refractivity contribution < 1.29 is 8.83 Å². The van der Waals surface area contributed by atoms with E-state index in [9.17, 15) is 0 Å². The highest BCUT2D eigenvalue weighted by Gasteiger charge is 2.25. The van der Waals surface area contributed by atoms with Gasteiger partial charge in [-0.2, -0.15) is 0 Å². The van der Waals surface area contributed by atoms with E-state index < -0.39 is 0 Å². The Morgan fingerprint density at radius 1 is 0.156 bits per heavy atom. The molecule has 0 N–H and O–H groups in total. The topological polar surface area (TPSA) is 123 Å². The molecule has 28 aromatic rings. The first-order valence-corrected chi connectivity index (χ1v) is 44.5. The van der Waals surface area contributed by atoms with Crippen LogP contribution in [0.2, 0.25) is 0 Å². The second-order valence-electron chi connectivity index (χ2n) is 32.8. The van der Waals surface area contributed by atoms with Crippen LogP contribution < -0.4 is 0 Å². The molecule has 0 saturated heterocycles. The van der Waals surface area contributed by atoms with Gasteiger partial charge >= 0.3 is 0 Å². The monoisotopic (exact) mass is 1670 g/mol. The molecule has 0 atom stereocenters. The summed E-state index contributed by atoms with van der Waals surface area (Å²) in [5, 5.41) is 18.8. The second kappa shape index (κ2) is 28.4. The second-order valence-corrected chi connectivity index (χ2v) is 35.0. The van der Waals surface area contributed by atoms with Crippen molar-refractivity contribution in [1.82, 2.24) is 48.2 Å². The molecule has 128 heavy (non-hydrogen) atoms. The minimum Gasteiger partial charge on any atom is -0.456 e. The van der Waals surface area contributed by atoms with Crippen molar-refractivity contribution in [3.63, 3.8) is 0 Å². The van der Waals surface area contributed by atoms with Crippen LogP contribution in [0.1, 0.15) is 0 Å². The predicted octanol–water partition coefficient (Wildman–Crippen LogP) is 30.7. The molecule has 596 valence electrons. The highest BCUT2D eigenvalue weighted by Crippen LogP contribution is 2.47. The molecule has 0 saturated carbocycles. The van der Waals surface area contributed by atoms with Gasteiger partial charge in [0.05, 0.1) is 44.1 Å². The van der Waals surface area contributed by atoms with E-state index in [2.05, 4.69) is 273 Å². The number of fused-ring (bicyclic) bond motifs is 24. The SMILES string of the molecule is c1ccc(-c2nc(-c3ccccc3)nc(-c3ccc4sc5ccc(-n6c7ccccc7c7cc(-n8c9ccccc9c9cc%10oc%11ccccc%11c%10cc98)ccc76)cc5c4c3)n2)cc1.c1ccc(-c2nc(-c3ccccc3)nc(-c3ccc4sc5ccc(-n6c7ccccc7c7cc(-n8c9ccccc9c9cc%10oc%11ccccc%11c%10cc98)ccc76)cc5c4c3)n2)cc1. The minimum absolute atomic E-state index is 0.647. The Bertz CT molecular complexity index is 8830. The predicted molar refractivity (Wildman–Crippen MR) is 530 cm³/mol. The van der Waals surface area contributed by atoms with Gasteiger partial charge in [-0.3, -0.25) is 0 Å². The van der Waals surface area contributed by atoms with Gasteiger partial charge in [-0.05, 0) is 170 Å².